The predicted octanol–water partition coefficient (Wildman–Crippen LogP) is 4.66. The normalized spacial score (nSPS) is 13.8. The Kier molecular flexibility index (Phi) is 9.18. The van der Waals surface area contributed by atoms with Gasteiger partial charge in [0.2, 0.25) is 5.95 Å². The van der Waals surface area contributed by atoms with Gasteiger partial charge in [0.15, 0.2) is 11.6 Å². The number of carbonyl (C=O) groups is 1. The van der Waals surface area contributed by atoms with Gasteiger partial charge in [-0.2, -0.15) is 4.98 Å². The first-order chi connectivity index (χ1) is 18.8. The first kappa shape index (κ1) is 27.7. The molecule has 0 radical (unpaired) electrons. The zero-order valence-corrected chi connectivity index (χ0v) is 22.3. The molecule has 0 unspecified atom stereocenters. The molecular weight excluding hydrogens is 523 g/mol. The van der Waals surface area contributed by atoms with Crippen LogP contribution in [0.3, 0.4) is 0 Å². The number of hydrogen-bond acceptors (Lipinski definition) is 9. The van der Waals surface area contributed by atoms with Crippen molar-refractivity contribution < 1.29 is 13.9 Å². The Morgan fingerprint density at radius 3 is 2.69 bits per heavy atom. The Labute approximate surface area is 230 Å². The van der Waals surface area contributed by atoms with Crippen molar-refractivity contribution in [3.05, 3.63) is 83.1 Å². The van der Waals surface area contributed by atoms with E-state index in [-0.39, 0.29) is 17.5 Å². The van der Waals surface area contributed by atoms with Gasteiger partial charge in [-0.15, -0.1) is 0 Å². The van der Waals surface area contributed by atoms with E-state index in [4.69, 9.17) is 16.3 Å². The molecule has 0 spiro atoms. The summed E-state index contributed by atoms with van der Waals surface area (Å²) in [5, 5.41) is 3.78. The number of benzene rings is 1. The van der Waals surface area contributed by atoms with Gasteiger partial charge in [-0.25, -0.2) is 14.4 Å². The number of nitrogens with zero attached hydrogens (tertiary/aromatic N) is 5. The molecule has 1 amide bonds. The summed E-state index contributed by atoms with van der Waals surface area (Å²) >= 11 is 6.34. The van der Waals surface area contributed by atoms with Gasteiger partial charge in [0.05, 0.1) is 31.3 Å². The summed E-state index contributed by atoms with van der Waals surface area (Å²) in [7, 11) is 1.70. The fourth-order valence-corrected chi connectivity index (χ4v) is 3.95. The number of anilines is 4. The van der Waals surface area contributed by atoms with Gasteiger partial charge in [-0.3, -0.25) is 20.6 Å². The number of nitrogens with one attached hydrogen (secondary N) is 3. The lowest BCUT2D eigenvalue weighted by Gasteiger charge is -2.28. The van der Waals surface area contributed by atoms with E-state index in [1.165, 1.54) is 6.20 Å². The summed E-state index contributed by atoms with van der Waals surface area (Å²) in [6.07, 6.45) is 6.17. The van der Waals surface area contributed by atoms with Crippen LogP contribution < -0.4 is 21.1 Å². The van der Waals surface area contributed by atoms with Crippen LogP contribution in [0.1, 0.15) is 23.0 Å². The van der Waals surface area contributed by atoms with Gasteiger partial charge < -0.3 is 15.0 Å². The van der Waals surface area contributed by atoms with E-state index >= 15 is 0 Å². The van der Waals surface area contributed by atoms with Crippen LogP contribution in [-0.2, 0) is 4.74 Å². The molecule has 3 aromatic rings. The molecule has 1 aliphatic rings. The molecule has 4 rings (SSSR count). The molecule has 0 aliphatic carbocycles. The van der Waals surface area contributed by atoms with Crippen molar-refractivity contribution in [2.24, 2.45) is 4.99 Å². The van der Waals surface area contributed by atoms with Gasteiger partial charge in [-0.1, -0.05) is 18.2 Å². The molecule has 12 heteroatoms. The van der Waals surface area contributed by atoms with E-state index in [2.05, 4.69) is 42.7 Å². The summed E-state index contributed by atoms with van der Waals surface area (Å²) in [5.41, 5.74) is 9.28. The van der Waals surface area contributed by atoms with E-state index in [0.717, 1.165) is 28.6 Å². The third-order valence-electron chi connectivity index (χ3n) is 5.80. The van der Waals surface area contributed by atoms with E-state index < -0.39 is 11.7 Å². The average Bonchev–Trinajstić information content (AvgIpc) is 2.95. The molecule has 0 saturated carbocycles. The number of hydrogen-bond donors (Lipinski definition) is 3. The van der Waals surface area contributed by atoms with Gasteiger partial charge in [0, 0.05) is 37.1 Å². The Hall–Kier alpha value is -4.35. The maximum Gasteiger partial charge on any atom is 0.288 e. The number of hydrazine groups is 1. The number of ether oxygens (including phenoxy) is 1. The number of allylic oxidation sites excluding steroid dienone is 3. The number of halogens is 2. The number of pyridine rings is 1. The van der Waals surface area contributed by atoms with Gasteiger partial charge in [0.25, 0.3) is 5.91 Å². The lowest BCUT2D eigenvalue weighted by molar-refractivity contribution is 0.0957. The van der Waals surface area contributed by atoms with Crippen molar-refractivity contribution >= 4 is 52.4 Å². The number of aliphatic imine (C=N–C) groups is 1. The Bertz CT molecular complexity index is 1410. The molecule has 1 saturated heterocycles. The second-order valence-corrected chi connectivity index (χ2v) is 9.00. The third-order valence-corrected chi connectivity index (χ3v) is 6.02. The van der Waals surface area contributed by atoms with Gasteiger partial charge in [-0.05, 0) is 60.0 Å². The summed E-state index contributed by atoms with van der Waals surface area (Å²) < 4.78 is 19.5. The molecular formula is C27H28ClFN8O2. The summed E-state index contributed by atoms with van der Waals surface area (Å²) in [4.78, 5) is 30.6. The van der Waals surface area contributed by atoms with Crippen molar-refractivity contribution in [1.82, 2.24) is 20.4 Å². The molecule has 39 heavy (non-hydrogen) atoms. The minimum absolute atomic E-state index is 0.0509. The first-order valence-corrected chi connectivity index (χ1v) is 12.5. The van der Waals surface area contributed by atoms with Crippen LogP contribution in [0.25, 0.3) is 5.57 Å². The fraction of sp³-hybridized carbons (Fsp3) is 0.222. The Balaban J connectivity index is 1.38. The fourth-order valence-electron chi connectivity index (χ4n) is 3.71. The molecule has 3 heterocycles. The second kappa shape index (κ2) is 12.9. The molecule has 1 aromatic carbocycles. The molecule has 3 N–H and O–H groups in total. The zero-order chi connectivity index (χ0) is 27.8. The largest absolute Gasteiger partial charge is 0.378 e. The Morgan fingerprint density at radius 1 is 1.18 bits per heavy atom. The highest BCUT2D eigenvalue weighted by Crippen LogP contribution is 2.29. The average molecular weight is 551 g/mol. The highest BCUT2D eigenvalue weighted by atomic mass is 35.5. The topological polar surface area (TPSA) is 117 Å². The van der Waals surface area contributed by atoms with E-state index in [9.17, 15) is 9.18 Å². The molecule has 0 atom stereocenters. The second-order valence-electron chi connectivity index (χ2n) is 8.56. The third kappa shape index (κ3) is 7.37. The molecule has 1 aliphatic heterocycles. The van der Waals surface area contributed by atoms with Crippen molar-refractivity contribution in [3.63, 3.8) is 0 Å². The van der Waals surface area contributed by atoms with Gasteiger partial charge >= 0.3 is 0 Å². The minimum Gasteiger partial charge on any atom is -0.378 e. The lowest BCUT2D eigenvalue weighted by Crippen LogP contribution is -2.38. The maximum absolute atomic E-state index is 14.2. The highest BCUT2D eigenvalue weighted by Gasteiger charge is 2.18. The van der Waals surface area contributed by atoms with Crippen LogP contribution in [0.15, 0.2) is 65.9 Å². The van der Waals surface area contributed by atoms with Crippen molar-refractivity contribution in [2.75, 3.05) is 49.0 Å². The number of carbonyl (C=O) groups excluding carboxylic acids is 1. The molecule has 0 bridgehead atoms. The number of rotatable bonds is 9. The molecule has 2 aromatic heterocycles. The van der Waals surface area contributed by atoms with E-state index in [1.807, 2.05) is 25.1 Å². The van der Waals surface area contributed by atoms with Crippen LogP contribution in [0.4, 0.5) is 27.5 Å². The Morgan fingerprint density at radius 2 is 1.97 bits per heavy atom. The van der Waals surface area contributed by atoms with Crippen LogP contribution in [0.2, 0.25) is 5.02 Å². The van der Waals surface area contributed by atoms with E-state index in [1.54, 1.807) is 36.4 Å². The van der Waals surface area contributed by atoms with Crippen LogP contribution >= 0.6 is 11.6 Å². The highest BCUT2D eigenvalue weighted by molar-refractivity contribution is 6.31. The standard InChI is InChI=1S/C27H28ClFN8O2/c1-17(6-7-30-3)18(2)19-12-20(28)14-22(13-19)33-21-4-5-24(31-15-21)26(38)35-36-27-32-16-23(29)25(34-27)37-8-10-39-11-9-37/h4-7,12-16,33H,2,8-11H2,1,3H3,(H,35,38)(H,32,34,36)/b17-6-,30-7?. The maximum atomic E-state index is 14.2. The summed E-state index contributed by atoms with van der Waals surface area (Å²) in [5.74, 6) is -0.865. The number of aromatic nitrogens is 3. The van der Waals surface area contributed by atoms with E-state index in [0.29, 0.717) is 37.0 Å². The van der Waals surface area contributed by atoms with Crippen LogP contribution in [0.5, 0.6) is 0 Å². The zero-order valence-electron chi connectivity index (χ0n) is 21.5. The first-order valence-electron chi connectivity index (χ1n) is 12.1. The lowest BCUT2D eigenvalue weighted by atomic mass is 10.00. The SMILES string of the molecule is C=C(/C(C)=C\C=NC)c1cc(Cl)cc(Nc2ccc(C(=O)NNc3ncc(F)c(N4CCOCC4)n3)nc2)c1. The van der Waals surface area contributed by atoms with Crippen molar-refractivity contribution in [2.45, 2.75) is 6.92 Å². The summed E-state index contributed by atoms with van der Waals surface area (Å²) in [6, 6.07) is 8.82. The smallest absolute Gasteiger partial charge is 0.288 e. The monoisotopic (exact) mass is 550 g/mol. The van der Waals surface area contributed by atoms with Crippen LogP contribution in [-0.4, -0.2) is 60.4 Å². The predicted molar refractivity (Wildman–Crippen MR) is 152 cm³/mol. The number of amides is 1. The summed E-state index contributed by atoms with van der Waals surface area (Å²) in [6.45, 7) is 8.10. The molecule has 10 nitrogen and oxygen atoms in total. The van der Waals surface area contributed by atoms with Crippen molar-refractivity contribution in [3.8, 4) is 0 Å². The quantitative estimate of drug-likeness (QED) is 0.200. The van der Waals surface area contributed by atoms with Crippen LogP contribution in [0, 0.1) is 5.82 Å². The number of morpholine rings is 1. The molecule has 1 fully saturated rings. The minimum atomic E-state index is -0.549. The molecule has 202 valence electrons. The van der Waals surface area contributed by atoms with Gasteiger partial charge in [0.1, 0.15) is 5.69 Å². The van der Waals surface area contributed by atoms with Crippen molar-refractivity contribution in [1.29, 1.82) is 0 Å².